The van der Waals surface area contributed by atoms with Crippen molar-refractivity contribution in [3.63, 3.8) is 0 Å². The van der Waals surface area contributed by atoms with Crippen LogP contribution in [0.2, 0.25) is 0 Å². The molecule has 1 unspecified atom stereocenters. The van der Waals surface area contributed by atoms with Crippen molar-refractivity contribution >= 4 is 17.8 Å². The Balaban J connectivity index is 1.41. The third kappa shape index (κ3) is 3.86. The lowest BCUT2D eigenvalue weighted by Crippen LogP contribution is -2.50. The van der Waals surface area contributed by atoms with Gasteiger partial charge in [-0.2, -0.15) is 4.98 Å². The van der Waals surface area contributed by atoms with Gasteiger partial charge in [-0.25, -0.2) is 4.79 Å². The highest BCUT2D eigenvalue weighted by molar-refractivity contribution is 6.09. The molecule has 3 fully saturated rings. The number of hydrogen-bond acceptors (Lipinski definition) is 6. The fourth-order valence-corrected chi connectivity index (χ4v) is 4.17. The van der Waals surface area contributed by atoms with Crippen LogP contribution in [0.5, 0.6) is 0 Å². The first-order valence-corrected chi connectivity index (χ1v) is 10.6. The maximum atomic E-state index is 12.9. The molecule has 0 radical (unpaired) electrons. The largest absolute Gasteiger partial charge is 0.342 e. The Bertz CT molecular complexity index is 808. The zero-order valence-corrected chi connectivity index (χ0v) is 17.2. The normalized spacial score (nSPS) is 28.1. The fourth-order valence-electron chi connectivity index (χ4n) is 4.17. The average molecular weight is 403 g/mol. The third-order valence-electron chi connectivity index (χ3n) is 6.32. The number of nitrogens with one attached hydrogen (secondary N) is 2. The zero-order valence-electron chi connectivity index (χ0n) is 17.2. The Hall–Kier alpha value is -2.45. The van der Waals surface area contributed by atoms with Crippen LogP contribution >= 0.6 is 0 Å². The molecule has 9 nitrogen and oxygen atoms in total. The van der Waals surface area contributed by atoms with Crippen LogP contribution in [0.4, 0.5) is 4.79 Å². The molecule has 158 valence electrons. The standard InChI is InChI=1S/C20H29N5O4/c1-11(2)15(17-22-16(24-29-17)13-4-5-13)21-14(26)10-25-18(27)20(23-19(25)28)8-6-12(3)7-9-20/h11-13,15H,4-10H2,1-3H3,(H,21,26)(H,23,28). The molecule has 0 aromatic carbocycles. The molecule has 4 rings (SSSR count). The molecule has 2 heterocycles. The van der Waals surface area contributed by atoms with Crippen molar-refractivity contribution < 1.29 is 18.9 Å². The van der Waals surface area contributed by atoms with Gasteiger partial charge in [-0.05, 0) is 50.4 Å². The van der Waals surface area contributed by atoms with Crippen LogP contribution in [0.3, 0.4) is 0 Å². The minimum atomic E-state index is -0.840. The van der Waals surface area contributed by atoms with Crippen molar-refractivity contribution in [1.29, 1.82) is 0 Å². The molecule has 1 saturated heterocycles. The second kappa shape index (κ2) is 7.42. The lowest BCUT2D eigenvalue weighted by atomic mass is 9.77. The van der Waals surface area contributed by atoms with E-state index in [9.17, 15) is 14.4 Å². The first kappa shape index (κ1) is 19.8. The summed E-state index contributed by atoms with van der Waals surface area (Å²) in [6.45, 7) is 5.72. The van der Waals surface area contributed by atoms with Crippen molar-refractivity contribution in [1.82, 2.24) is 25.7 Å². The second-order valence-electron chi connectivity index (χ2n) is 9.14. The first-order chi connectivity index (χ1) is 13.8. The number of hydrogen-bond donors (Lipinski definition) is 2. The van der Waals surface area contributed by atoms with Gasteiger partial charge in [0.1, 0.15) is 18.1 Å². The summed E-state index contributed by atoms with van der Waals surface area (Å²) in [4.78, 5) is 43.5. The van der Waals surface area contributed by atoms with Gasteiger partial charge in [0.15, 0.2) is 5.82 Å². The number of imide groups is 1. The van der Waals surface area contributed by atoms with Crippen molar-refractivity contribution in [3.8, 4) is 0 Å². The van der Waals surface area contributed by atoms with E-state index < -0.39 is 23.5 Å². The summed E-state index contributed by atoms with van der Waals surface area (Å²) in [5, 5.41) is 9.72. The number of rotatable bonds is 6. The average Bonchev–Trinajstić information content (AvgIpc) is 3.37. The van der Waals surface area contributed by atoms with E-state index in [4.69, 9.17) is 4.52 Å². The summed E-state index contributed by atoms with van der Waals surface area (Å²) < 4.78 is 5.37. The molecule has 1 aromatic heterocycles. The molecule has 0 bridgehead atoms. The monoisotopic (exact) mass is 403 g/mol. The highest BCUT2D eigenvalue weighted by Gasteiger charge is 2.52. The van der Waals surface area contributed by atoms with E-state index in [1.54, 1.807) is 0 Å². The number of carbonyl (C=O) groups is 3. The lowest BCUT2D eigenvalue weighted by Gasteiger charge is -2.33. The number of amides is 4. The van der Waals surface area contributed by atoms with Gasteiger partial charge in [0.2, 0.25) is 11.8 Å². The molecular formula is C20H29N5O4. The Morgan fingerprint density at radius 3 is 2.59 bits per heavy atom. The van der Waals surface area contributed by atoms with E-state index in [1.807, 2.05) is 13.8 Å². The number of aromatic nitrogens is 2. The highest BCUT2D eigenvalue weighted by atomic mass is 16.5. The Morgan fingerprint density at radius 2 is 1.97 bits per heavy atom. The van der Waals surface area contributed by atoms with Gasteiger partial charge in [0.05, 0.1) is 0 Å². The third-order valence-corrected chi connectivity index (χ3v) is 6.32. The Labute approximate surface area is 170 Å². The molecule has 1 spiro atoms. The lowest BCUT2D eigenvalue weighted by molar-refractivity contribution is -0.136. The van der Waals surface area contributed by atoms with Gasteiger partial charge in [0, 0.05) is 5.92 Å². The summed E-state index contributed by atoms with van der Waals surface area (Å²) >= 11 is 0. The maximum Gasteiger partial charge on any atom is 0.325 e. The van der Waals surface area contributed by atoms with Crippen LogP contribution in [-0.2, 0) is 9.59 Å². The maximum absolute atomic E-state index is 12.9. The SMILES string of the molecule is CC1CCC2(CC1)NC(=O)N(CC(=O)NC(c1nc(C3CC3)no1)C(C)C)C2=O. The summed E-state index contributed by atoms with van der Waals surface area (Å²) in [5.74, 6) is 1.26. The predicted octanol–water partition coefficient (Wildman–Crippen LogP) is 2.26. The fraction of sp³-hybridized carbons (Fsp3) is 0.750. The van der Waals surface area contributed by atoms with Crippen molar-refractivity contribution in [2.45, 2.75) is 76.8 Å². The smallest absolute Gasteiger partial charge is 0.325 e. The molecule has 1 aromatic rings. The number of nitrogens with zero attached hydrogens (tertiary/aromatic N) is 3. The van der Waals surface area contributed by atoms with Gasteiger partial charge in [-0.3, -0.25) is 14.5 Å². The molecule has 1 aliphatic heterocycles. The van der Waals surface area contributed by atoms with E-state index in [1.165, 1.54) is 0 Å². The van der Waals surface area contributed by atoms with E-state index in [0.29, 0.717) is 36.4 Å². The van der Waals surface area contributed by atoms with Crippen LogP contribution in [0.1, 0.15) is 83.0 Å². The summed E-state index contributed by atoms with van der Waals surface area (Å²) in [6.07, 6.45) is 5.15. The highest BCUT2D eigenvalue weighted by Crippen LogP contribution is 2.39. The van der Waals surface area contributed by atoms with Gasteiger partial charge in [-0.15, -0.1) is 0 Å². The molecule has 2 saturated carbocycles. The van der Waals surface area contributed by atoms with E-state index in [-0.39, 0.29) is 18.4 Å². The van der Waals surface area contributed by atoms with Gasteiger partial charge in [0.25, 0.3) is 5.91 Å². The van der Waals surface area contributed by atoms with Crippen LogP contribution in [0.15, 0.2) is 4.52 Å². The minimum Gasteiger partial charge on any atom is -0.342 e. The van der Waals surface area contributed by atoms with Gasteiger partial charge in [-0.1, -0.05) is 25.9 Å². The zero-order chi connectivity index (χ0) is 20.8. The van der Waals surface area contributed by atoms with E-state index in [2.05, 4.69) is 27.7 Å². The molecular weight excluding hydrogens is 374 g/mol. The van der Waals surface area contributed by atoms with Crippen molar-refractivity contribution in [2.75, 3.05) is 6.54 Å². The molecule has 2 N–H and O–H groups in total. The second-order valence-corrected chi connectivity index (χ2v) is 9.14. The number of urea groups is 1. The quantitative estimate of drug-likeness (QED) is 0.704. The first-order valence-electron chi connectivity index (χ1n) is 10.6. The molecule has 2 aliphatic carbocycles. The predicted molar refractivity (Wildman–Crippen MR) is 103 cm³/mol. The van der Waals surface area contributed by atoms with Crippen LogP contribution in [-0.4, -0.2) is 45.0 Å². The molecule has 29 heavy (non-hydrogen) atoms. The van der Waals surface area contributed by atoms with Crippen LogP contribution in [0.25, 0.3) is 0 Å². The minimum absolute atomic E-state index is 0.0146. The van der Waals surface area contributed by atoms with E-state index in [0.717, 1.165) is 30.6 Å². The summed E-state index contributed by atoms with van der Waals surface area (Å²) in [6, 6.07) is -0.956. The molecule has 9 heteroatoms. The Morgan fingerprint density at radius 1 is 1.28 bits per heavy atom. The van der Waals surface area contributed by atoms with E-state index >= 15 is 0 Å². The van der Waals surface area contributed by atoms with Crippen molar-refractivity contribution in [2.24, 2.45) is 11.8 Å². The molecule has 1 atom stereocenters. The van der Waals surface area contributed by atoms with Gasteiger partial charge < -0.3 is 15.2 Å². The summed E-state index contributed by atoms with van der Waals surface area (Å²) in [7, 11) is 0. The molecule has 3 aliphatic rings. The number of carbonyl (C=O) groups excluding carboxylic acids is 3. The van der Waals surface area contributed by atoms with Crippen LogP contribution in [0, 0.1) is 11.8 Å². The topological polar surface area (TPSA) is 117 Å². The Kier molecular flexibility index (Phi) is 5.08. The van der Waals surface area contributed by atoms with Crippen molar-refractivity contribution in [3.05, 3.63) is 11.7 Å². The molecule has 4 amide bonds. The van der Waals surface area contributed by atoms with Gasteiger partial charge >= 0.3 is 6.03 Å². The summed E-state index contributed by atoms with van der Waals surface area (Å²) in [5.41, 5.74) is -0.840. The van der Waals surface area contributed by atoms with Crippen LogP contribution < -0.4 is 10.6 Å².